The van der Waals surface area contributed by atoms with E-state index in [4.69, 9.17) is 9.47 Å². The zero-order chi connectivity index (χ0) is 11.4. The highest BCUT2D eigenvalue weighted by Gasteiger charge is 2.18. The van der Waals surface area contributed by atoms with Gasteiger partial charge in [-0.2, -0.15) is 0 Å². The maximum Gasteiger partial charge on any atom is 0.342 e. The summed E-state index contributed by atoms with van der Waals surface area (Å²) in [4.78, 5) is 11.5. The maximum atomic E-state index is 11.5. The van der Waals surface area contributed by atoms with Crippen molar-refractivity contribution in [3.63, 3.8) is 0 Å². The van der Waals surface area contributed by atoms with Crippen molar-refractivity contribution in [2.75, 3.05) is 21.3 Å². The van der Waals surface area contributed by atoms with Crippen LogP contribution in [0.25, 0.3) is 0 Å². The minimum Gasteiger partial charge on any atom is -0.496 e. The summed E-state index contributed by atoms with van der Waals surface area (Å²) in [5, 5.41) is 0. The van der Waals surface area contributed by atoms with Crippen molar-refractivity contribution in [2.24, 2.45) is 0 Å². The first kappa shape index (κ1) is 11.4. The average molecular weight is 210 g/mol. The summed E-state index contributed by atoms with van der Waals surface area (Å²) in [5.41, 5.74) is 1.11. The van der Waals surface area contributed by atoms with Crippen LogP contribution >= 0.6 is 0 Å². The molecule has 0 spiro atoms. The second-order valence-electron chi connectivity index (χ2n) is 2.96. The first-order chi connectivity index (χ1) is 7.15. The molecular weight excluding hydrogens is 196 g/mol. The largest absolute Gasteiger partial charge is 0.496 e. The number of methoxy groups -OCH3 is 3. The molecule has 0 atom stereocenters. The van der Waals surface area contributed by atoms with Crippen molar-refractivity contribution in [1.82, 2.24) is 0 Å². The lowest BCUT2D eigenvalue weighted by Gasteiger charge is -2.12. The first-order valence-electron chi connectivity index (χ1n) is 4.45. The molecule has 4 nitrogen and oxygen atoms in total. The van der Waals surface area contributed by atoms with Gasteiger partial charge in [0.15, 0.2) is 0 Å². The number of carbonyl (C=O) groups is 1. The molecule has 0 bridgehead atoms. The van der Waals surface area contributed by atoms with E-state index in [0.29, 0.717) is 22.6 Å². The van der Waals surface area contributed by atoms with Crippen molar-refractivity contribution in [1.29, 1.82) is 0 Å². The molecule has 0 saturated heterocycles. The van der Waals surface area contributed by atoms with E-state index in [9.17, 15) is 4.79 Å². The van der Waals surface area contributed by atoms with Crippen molar-refractivity contribution in [3.05, 3.63) is 23.3 Å². The van der Waals surface area contributed by atoms with E-state index in [-0.39, 0.29) is 0 Å². The molecule has 0 amide bonds. The van der Waals surface area contributed by atoms with Gasteiger partial charge < -0.3 is 14.2 Å². The van der Waals surface area contributed by atoms with Crippen molar-refractivity contribution in [3.8, 4) is 11.5 Å². The Bertz CT molecular complexity index is 371. The summed E-state index contributed by atoms with van der Waals surface area (Å²) in [6.07, 6.45) is 0. The fourth-order valence-corrected chi connectivity index (χ4v) is 1.41. The van der Waals surface area contributed by atoms with Gasteiger partial charge in [-0.1, -0.05) is 0 Å². The number of rotatable bonds is 3. The first-order valence-corrected chi connectivity index (χ1v) is 4.45. The van der Waals surface area contributed by atoms with Crippen molar-refractivity contribution in [2.45, 2.75) is 6.92 Å². The predicted molar refractivity (Wildman–Crippen MR) is 55.6 cm³/mol. The fourth-order valence-electron chi connectivity index (χ4n) is 1.41. The Morgan fingerprint density at radius 3 is 2.07 bits per heavy atom. The van der Waals surface area contributed by atoms with E-state index in [1.54, 1.807) is 26.2 Å². The number of hydrogen-bond donors (Lipinski definition) is 0. The molecule has 0 radical (unpaired) electrons. The summed E-state index contributed by atoms with van der Waals surface area (Å²) in [5.74, 6) is 0.694. The number of carbonyl (C=O) groups excluding carboxylic acids is 1. The highest BCUT2D eigenvalue weighted by molar-refractivity contribution is 5.94. The van der Waals surface area contributed by atoms with Gasteiger partial charge in [-0.25, -0.2) is 4.79 Å². The third-order valence-corrected chi connectivity index (χ3v) is 2.21. The highest BCUT2D eigenvalue weighted by atomic mass is 16.5. The van der Waals surface area contributed by atoms with Gasteiger partial charge in [0.05, 0.1) is 21.3 Å². The van der Waals surface area contributed by atoms with Crippen LogP contribution < -0.4 is 9.47 Å². The topological polar surface area (TPSA) is 44.8 Å². The van der Waals surface area contributed by atoms with Crippen LogP contribution in [0.2, 0.25) is 0 Å². The molecule has 15 heavy (non-hydrogen) atoms. The second-order valence-corrected chi connectivity index (χ2v) is 2.96. The SMILES string of the molecule is COC(=O)c1c(OC)ccc(OC)c1C. The molecule has 1 aromatic carbocycles. The third kappa shape index (κ3) is 2.03. The molecule has 0 unspecified atom stereocenters. The van der Waals surface area contributed by atoms with Gasteiger partial charge in [0.25, 0.3) is 0 Å². The van der Waals surface area contributed by atoms with Gasteiger partial charge in [0.1, 0.15) is 17.1 Å². The van der Waals surface area contributed by atoms with Crippen LogP contribution in [0.5, 0.6) is 11.5 Å². The molecule has 0 aliphatic heterocycles. The molecular formula is C11H14O4. The standard InChI is InChI=1S/C11H14O4/c1-7-8(13-2)5-6-9(14-3)10(7)11(12)15-4/h5-6H,1-4H3. The van der Waals surface area contributed by atoms with Crippen LogP contribution in [0.1, 0.15) is 15.9 Å². The lowest BCUT2D eigenvalue weighted by atomic mass is 10.1. The Morgan fingerprint density at radius 1 is 1.07 bits per heavy atom. The van der Waals surface area contributed by atoms with Crippen molar-refractivity contribution >= 4 is 5.97 Å². The van der Waals surface area contributed by atoms with Gasteiger partial charge in [0.2, 0.25) is 0 Å². The average Bonchev–Trinajstić information content (AvgIpc) is 2.27. The summed E-state index contributed by atoms with van der Waals surface area (Å²) in [6.45, 7) is 1.79. The van der Waals surface area contributed by atoms with Crippen LogP contribution in [0.4, 0.5) is 0 Å². The predicted octanol–water partition coefficient (Wildman–Crippen LogP) is 1.80. The molecule has 0 N–H and O–H groups in total. The molecule has 0 fully saturated rings. The van der Waals surface area contributed by atoms with Crippen LogP contribution in [0.3, 0.4) is 0 Å². The summed E-state index contributed by atoms with van der Waals surface area (Å²) in [7, 11) is 4.39. The molecule has 0 aliphatic carbocycles. The van der Waals surface area contributed by atoms with Crippen LogP contribution in [-0.4, -0.2) is 27.3 Å². The van der Waals surface area contributed by atoms with E-state index >= 15 is 0 Å². The van der Waals surface area contributed by atoms with Crippen LogP contribution in [-0.2, 0) is 4.74 Å². The lowest BCUT2D eigenvalue weighted by molar-refractivity contribution is 0.0595. The van der Waals surface area contributed by atoms with Crippen molar-refractivity contribution < 1.29 is 19.0 Å². The third-order valence-electron chi connectivity index (χ3n) is 2.21. The zero-order valence-electron chi connectivity index (χ0n) is 9.29. The molecule has 0 aliphatic rings. The molecule has 82 valence electrons. The van der Waals surface area contributed by atoms with E-state index < -0.39 is 5.97 Å². The Kier molecular flexibility index (Phi) is 3.55. The van der Waals surface area contributed by atoms with Gasteiger partial charge >= 0.3 is 5.97 Å². The summed E-state index contributed by atoms with van der Waals surface area (Å²) < 4.78 is 14.9. The minimum atomic E-state index is -0.428. The number of hydrogen-bond acceptors (Lipinski definition) is 4. The molecule has 0 saturated carbocycles. The van der Waals surface area contributed by atoms with E-state index in [0.717, 1.165) is 0 Å². The van der Waals surface area contributed by atoms with Crippen LogP contribution in [0.15, 0.2) is 12.1 Å². The molecule has 0 heterocycles. The van der Waals surface area contributed by atoms with Crippen LogP contribution in [0, 0.1) is 6.92 Å². The Hall–Kier alpha value is -1.71. The molecule has 4 heteroatoms. The number of ether oxygens (including phenoxy) is 3. The highest BCUT2D eigenvalue weighted by Crippen LogP contribution is 2.29. The quantitative estimate of drug-likeness (QED) is 0.713. The Balaban J connectivity index is 3.35. The zero-order valence-corrected chi connectivity index (χ0v) is 9.29. The van der Waals surface area contributed by atoms with Gasteiger partial charge in [0, 0.05) is 5.56 Å². The Labute approximate surface area is 88.8 Å². The molecule has 1 aromatic rings. The van der Waals surface area contributed by atoms with Gasteiger partial charge in [-0.3, -0.25) is 0 Å². The summed E-state index contributed by atoms with van der Waals surface area (Å²) >= 11 is 0. The second kappa shape index (κ2) is 4.68. The minimum absolute atomic E-state index is 0.402. The Morgan fingerprint density at radius 2 is 1.60 bits per heavy atom. The smallest absolute Gasteiger partial charge is 0.342 e. The normalized spacial score (nSPS) is 9.60. The maximum absolute atomic E-state index is 11.5. The van der Waals surface area contributed by atoms with Gasteiger partial charge in [-0.05, 0) is 19.1 Å². The van der Waals surface area contributed by atoms with Gasteiger partial charge in [-0.15, -0.1) is 0 Å². The number of benzene rings is 1. The van der Waals surface area contributed by atoms with E-state index in [1.165, 1.54) is 14.2 Å². The number of esters is 1. The lowest BCUT2D eigenvalue weighted by Crippen LogP contribution is -2.07. The molecule has 1 rings (SSSR count). The monoisotopic (exact) mass is 210 g/mol. The summed E-state index contributed by atoms with van der Waals surface area (Å²) in [6, 6.07) is 3.43. The molecule has 0 aromatic heterocycles. The fraction of sp³-hybridized carbons (Fsp3) is 0.364. The van der Waals surface area contributed by atoms with E-state index in [2.05, 4.69) is 4.74 Å². The van der Waals surface area contributed by atoms with E-state index in [1.807, 2.05) is 0 Å².